The molecule has 0 saturated carbocycles. The Morgan fingerprint density at radius 2 is 1.71 bits per heavy atom. The molecular formula is C8H17NO4Si. The lowest BCUT2D eigenvalue weighted by Gasteiger charge is -2.15. The molecule has 0 aliphatic heterocycles. The first-order valence-corrected chi connectivity index (χ1v) is 6.27. The summed E-state index contributed by atoms with van der Waals surface area (Å²) in [5, 5.41) is 0. The Labute approximate surface area is 85.4 Å². The zero-order valence-electron chi connectivity index (χ0n) is 8.78. The van der Waals surface area contributed by atoms with Gasteiger partial charge < -0.3 is 14.6 Å². The minimum absolute atomic E-state index is 0.0242. The first kappa shape index (κ1) is 13.1. The fourth-order valence-corrected chi connectivity index (χ4v) is 2.73. The lowest BCUT2D eigenvalue weighted by Crippen LogP contribution is -2.29. The summed E-state index contributed by atoms with van der Waals surface area (Å²) in [6.07, 6.45) is 0.692. The monoisotopic (exact) mass is 219 g/mol. The van der Waals surface area contributed by atoms with E-state index in [9.17, 15) is 9.59 Å². The molecule has 0 aromatic rings. The summed E-state index contributed by atoms with van der Waals surface area (Å²) >= 11 is 0. The Kier molecular flexibility index (Phi) is 6.14. The van der Waals surface area contributed by atoms with Gasteiger partial charge in [0, 0.05) is 25.9 Å². The van der Waals surface area contributed by atoms with Crippen LogP contribution in [0.15, 0.2) is 0 Å². The van der Waals surface area contributed by atoms with Gasteiger partial charge in [-0.3, -0.25) is 9.59 Å². The molecule has 5 nitrogen and oxygen atoms in total. The highest BCUT2D eigenvalue weighted by Gasteiger charge is 2.20. The molecule has 0 saturated heterocycles. The fourth-order valence-electron chi connectivity index (χ4n) is 0.911. The molecule has 14 heavy (non-hydrogen) atoms. The molecule has 0 aromatic heterocycles. The zero-order valence-corrected chi connectivity index (χ0v) is 9.93. The molecule has 82 valence electrons. The van der Waals surface area contributed by atoms with Crippen LogP contribution in [0.25, 0.3) is 0 Å². The molecule has 0 amide bonds. The van der Waals surface area contributed by atoms with Crippen molar-refractivity contribution in [1.29, 1.82) is 0 Å². The molecule has 0 radical (unpaired) electrons. The quantitative estimate of drug-likeness (QED) is 0.662. The van der Waals surface area contributed by atoms with Crippen LogP contribution in [-0.4, -0.2) is 27.3 Å². The Bertz CT molecular complexity index is 192. The van der Waals surface area contributed by atoms with Gasteiger partial charge in [0.25, 0.3) is 11.9 Å². The smallest absolute Gasteiger partial charge is 0.448 e. The maximum Gasteiger partial charge on any atom is 0.448 e. The van der Waals surface area contributed by atoms with Gasteiger partial charge in [-0.15, -0.1) is 0 Å². The zero-order chi connectivity index (χ0) is 11.1. The topological polar surface area (TPSA) is 78.6 Å². The normalized spacial score (nSPS) is 12.4. The molecule has 1 unspecified atom stereocenters. The summed E-state index contributed by atoms with van der Waals surface area (Å²) in [5.41, 5.74) is 5.54. The average Bonchev–Trinajstić information content (AvgIpc) is 1.97. The molecule has 0 aliphatic carbocycles. The SMILES string of the molecule is CC(=O)O[SiH](CCC(C)N)OC(C)=O. The summed E-state index contributed by atoms with van der Waals surface area (Å²) < 4.78 is 9.83. The van der Waals surface area contributed by atoms with Crippen molar-refractivity contribution in [2.24, 2.45) is 5.73 Å². The van der Waals surface area contributed by atoms with E-state index in [-0.39, 0.29) is 6.04 Å². The third kappa shape index (κ3) is 7.75. The van der Waals surface area contributed by atoms with Crippen molar-refractivity contribution in [2.75, 3.05) is 0 Å². The van der Waals surface area contributed by atoms with Crippen LogP contribution in [-0.2, 0) is 18.4 Å². The first-order chi connectivity index (χ1) is 6.41. The second-order valence-electron chi connectivity index (χ2n) is 3.20. The predicted octanol–water partition coefficient (Wildman–Crippen LogP) is 0.0704. The van der Waals surface area contributed by atoms with Crippen molar-refractivity contribution in [3.05, 3.63) is 0 Å². The van der Waals surface area contributed by atoms with Gasteiger partial charge in [-0.05, 0) is 13.3 Å². The lowest BCUT2D eigenvalue weighted by atomic mass is 10.3. The van der Waals surface area contributed by atoms with E-state index in [1.165, 1.54) is 13.8 Å². The maximum atomic E-state index is 10.7. The van der Waals surface area contributed by atoms with E-state index in [1.54, 1.807) is 0 Å². The number of hydrogen-bond acceptors (Lipinski definition) is 5. The van der Waals surface area contributed by atoms with Gasteiger partial charge >= 0.3 is 9.28 Å². The fraction of sp³-hybridized carbons (Fsp3) is 0.750. The highest BCUT2D eigenvalue weighted by atomic mass is 28.3. The van der Waals surface area contributed by atoms with Crippen LogP contribution >= 0.6 is 0 Å². The Morgan fingerprint density at radius 1 is 1.29 bits per heavy atom. The largest absolute Gasteiger partial charge is 0.487 e. The lowest BCUT2D eigenvalue weighted by molar-refractivity contribution is -0.137. The van der Waals surface area contributed by atoms with Crippen molar-refractivity contribution in [1.82, 2.24) is 0 Å². The van der Waals surface area contributed by atoms with Crippen LogP contribution in [0.5, 0.6) is 0 Å². The summed E-state index contributed by atoms with van der Waals surface area (Å²) in [4.78, 5) is 21.3. The molecular weight excluding hydrogens is 202 g/mol. The summed E-state index contributed by atoms with van der Waals surface area (Å²) in [6.45, 7) is 4.46. The van der Waals surface area contributed by atoms with Crippen LogP contribution in [0.4, 0.5) is 0 Å². The van der Waals surface area contributed by atoms with E-state index in [4.69, 9.17) is 14.6 Å². The van der Waals surface area contributed by atoms with Crippen molar-refractivity contribution in [2.45, 2.75) is 39.3 Å². The van der Waals surface area contributed by atoms with Gasteiger partial charge in [-0.1, -0.05) is 0 Å². The van der Waals surface area contributed by atoms with Crippen LogP contribution < -0.4 is 5.73 Å². The van der Waals surface area contributed by atoms with Gasteiger partial charge in [-0.2, -0.15) is 0 Å². The van der Waals surface area contributed by atoms with E-state index in [2.05, 4.69) is 0 Å². The van der Waals surface area contributed by atoms with Crippen molar-refractivity contribution < 1.29 is 18.4 Å². The molecule has 2 N–H and O–H groups in total. The number of carbonyl (C=O) groups excluding carboxylic acids is 2. The molecule has 6 heteroatoms. The molecule has 0 aromatic carbocycles. The number of nitrogens with two attached hydrogens (primary N) is 1. The van der Waals surface area contributed by atoms with Gasteiger partial charge in [-0.25, -0.2) is 0 Å². The standard InChI is InChI=1S/C8H17NO4Si/c1-6(9)4-5-14(12-7(2)10)13-8(3)11/h6,14H,4-5,9H2,1-3H3. The third-order valence-electron chi connectivity index (χ3n) is 1.45. The second kappa shape index (κ2) is 6.55. The third-order valence-corrected chi connectivity index (χ3v) is 3.45. The van der Waals surface area contributed by atoms with Crippen molar-refractivity contribution >= 4 is 21.2 Å². The van der Waals surface area contributed by atoms with E-state index < -0.39 is 21.2 Å². The number of carbonyl (C=O) groups is 2. The Morgan fingerprint density at radius 3 is 2.00 bits per heavy atom. The van der Waals surface area contributed by atoms with Crippen LogP contribution in [0.1, 0.15) is 27.2 Å². The predicted molar refractivity (Wildman–Crippen MR) is 53.8 cm³/mol. The molecule has 0 fully saturated rings. The van der Waals surface area contributed by atoms with E-state index in [0.717, 1.165) is 0 Å². The molecule has 1 atom stereocenters. The Hall–Kier alpha value is -0.883. The average molecular weight is 219 g/mol. The summed E-state index contributed by atoms with van der Waals surface area (Å²) in [5.74, 6) is -0.819. The van der Waals surface area contributed by atoms with Gasteiger partial charge in [0.2, 0.25) is 0 Å². The van der Waals surface area contributed by atoms with E-state index >= 15 is 0 Å². The van der Waals surface area contributed by atoms with Crippen molar-refractivity contribution in [3.8, 4) is 0 Å². The summed E-state index contributed by atoms with van der Waals surface area (Å²) in [7, 11) is -2.18. The number of hydrogen-bond donors (Lipinski definition) is 1. The number of rotatable bonds is 5. The van der Waals surface area contributed by atoms with E-state index in [1.807, 2.05) is 6.92 Å². The highest BCUT2D eigenvalue weighted by Crippen LogP contribution is 2.04. The van der Waals surface area contributed by atoms with Crippen LogP contribution in [0, 0.1) is 0 Å². The highest BCUT2D eigenvalue weighted by molar-refractivity contribution is 6.48. The van der Waals surface area contributed by atoms with E-state index in [0.29, 0.717) is 12.5 Å². The first-order valence-electron chi connectivity index (χ1n) is 4.52. The molecule has 0 aliphatic rings. The van der Waals surface area contributed by atoms with Gasteiger partial charge in [0.05, 0.1) is 0 Å². The van der Waals surface area contributed by atoms with Gasteiger partial charge in [0.15, 0.2) is 0 Å². The molecule has 0 spiro atoms. The maximum absolute atomic E-state index is 10.7. The van der Waals surface area contributed by atoms with Crippen LogP contribution in [0.3, 0.4) is 0 Å². The minimum Gasteiger partial charge on any atom is -0.487 e. The minimum atomic E-state index is -2.18. The van der Waals surface area contributed by atoms with Crippen LogP contribution in [0.2, 0.25) is 6.04 Å². The molecule has 0 bridgehead atoms. The molecule has 0 heterocycles. The van der Waals surface area contributed by atoms with Crippen molar-refractivity contribution in [3.63, 3.8) is 0 Å². The van der Waals surface area contributed by atoms with Gasteiger partial charge in [0.1, 0.15) is 0 Å². The Balaban J connectivity index is 3.96. The second-order valence-corrected chi connectivity index (χ2v) is 5.11. The molecule has 0 rings (SSSR count). The summed E-state index contributed by atoms with van der Waals surface area (Å²) in [6, 6.07) is 0.590.